The van der Waals surface area contributed by atoms with Crippen LogP contribution in [-0.2, 0) is 6.42 Å². The van der Waals surface area contributed by atoms with E-state index < -0.39 is 0 Å². The van der Waals surface area contributed by atoms with Crippen molar-refractivity contribution in [3.8, 4) is 17.0 Å². The number of nitrogens with zero attached hydrogens (tertiary/aromatic N) is 2. The molecule has 0 saturated carbocycles. The molecule has 0 saturated heterocycles. The van der Waals surface area contributed by atoms with Crippen LogP contribution in [0.2, 0.25) is 0 Å². The van der Waals surface area contributed by atoms with E-state index >= 15 is 0 Å². The first kappa shape index (κ1) is 23.4. The van der Waals surface area contributed by atoms with Crippen LogP contribution in [0.4, 0.5) is 0 Å². The molecule has 3 nitrogen and oxygen atoms in total. The Morgan fingerprint density at radius 3 is 2.00 bits per heavy atom. The summed E-state index contributed by atoms with van der Waals surface area (Å²) in [5.41, 5.74) is 3.11. The van der Waals surface area contributed by atoms with Crippen molar-refractivity contribution < 1.29 is 4.74 Å². The van der Waals surface area contributed by atoms with Gasteiger partial charge in [-0.25, -0.2) is 0 Å². The summed E-state index contributed by atoms with van der Waals surface area (Å²) in [6, 6.07) is 12.4. The van der Waals surface area contributed by atoms with E-state index in [2.05, 4.69) is 55.2 Å². The van der Waals surface area contributed by atoms with Gasteiger partial charge in [0.05, 0.1) is 18.0 Å². The number of hydrogen-bond donors (Lipinski definition) is 0. The largest absolute Gasteiger partial charge is 0.493 e. The fourth-order valence-electron chi connectivity index (χ4n) is 3.34. The van der Waals surface area contributed by atoms with Crippen LogP contribution in [-0.4, -0.2) is 16.8 Å². The van der Waals surface area contributed by atoms with Crippen LogP contribution >= 0.6 is 0 Å². The monoisotopic (exact) mass is 396 g/mol. The van der Waals surface area contributed by atoms with Gasteiger partial charge in [-0.2, -0.15) is 10.2 Å². The van der Waals surface area contributed by atoms with E-state index in [1.54, 1.807) is 0 Å². The molecule has 0 aliphatic heterocycles. The van der Waals surface area contributed by atoms with Crippen LogP contribution in [0.15, 0.2) is 36.4 Å². The van der Waals surface area contributed by atoms with Gasteiger partial charge in [0.25, 0.3) is 0 Å². The zero-order valence-electron chi connectivity index (χ0n) is 18.8. The predicted molar refractivity (Wildman–Crippen MR) is 123 cm³/mol. The van der Waals surface area contributed by atoms with Crippen molar-refractivity contribution in [3.63, 3.8) is 0 Å². The van der Waals surface area contributed by atoms with Gasteiger partial charge in [0.2, 0.25) is 0 Å². The number of unbranched alkanes of at least 4 members (excludes halogenated alkanes) is 8. The van der Waals surface area contributed by atoms with Crippen molar-refractivity contribution in [2.24, 2.45) is 5.92 Å². The third kappa shape index (κ3) is 9.43. The molecule has 0 fully saturated rings. The number of ether oxygens (including phenoxy) is 1. The van der Waals surface area contributed by atoms with Crippen LogP contribution in [0.25, 0.3) is 11.3 Å². The molecule has 2 aromatic rings. The summed E-state index contributed by atoms with van der Waals surface area (Å²) in [7, 11) is 0. The zero-order chi connectivity index (χ0) is 20.7. The Kier molecular flexibility index (Phi) is 11.4. The minimum absolute atomic E-state index is 0.582. The topological polar surface area (TPSA) is 35.0 Å². The highest BCUT2D eigenvalue weighted by atomic mass is 16.5. The van der Waals surface area contributed by atoms with E-state index in [1.807, 2.05) is 12.1 Å². The van der Waals surface area contributed by atoms with Gasteiger partial charge in [-0.1, -0.05) is 78.6 Å². The quantitative estimate of drug-likeness (QED) is 0.290. The Bertz CT molecular complexity index is 651. The number of aromatic nitrogens is 2. The number of rotatable bonds is 15. The first-order valence-electron chi connectivity index (χ1n) is 11.8. The second-order valence-electron chi connectivity index (χ2n) is 8.34. The van der Waals surface area contributed by atoms with Crippen LogP contribution in [0.5, 0.6) is 5.75 Å². The maximum absolute atomic E-state index is 5.83. The number of hydrogen-bond acceptors (Lipinski definition) is 3. The highest BCUT2D eigenvalue weighted by Crippen LogP contribution is 2.21. The molecule has 0 spiro atoms. The van der Waals surface area contributed by atoms with Gasteiger partial charge in [0.15, 0.2) is 0 Å². The van der Waals surface area contributed by atoms with Gasteiger partial charge in [0.1, 0.15) is 5.75 Å². The highest BCUT2D eigenvalue weighted by molar-refractivity contribution is 5.59. The average molecular weight is 397 g/mol. The summed E-state index contributed by atoms with van der Waals surface area (Å²) >= 11 is 0. The van der Waals surface area contributed by atoms with Crippen molar-refractivity contribution >= 4 is 0 Å². The van der Waals surface area contributed by atoms with E-state index in [1.165, 1.54) is 57.8 Å². The van der Waals surface area contributed by atoms with Gasteiger partial charge in [-0.15, -0.1) is 0 Å². The molecule has 1 unspecified atom stereocenters. The summed E-state index contributed by atoms with van der Waals surface area (Å²) in [5, 5.41) is 8.87. The Morgan fingerprint density at radius 1 is 0.759 bits per heavy atom. The van der Waals surface area contributed by atoms with Crippen LogP contribution in [0, 0.1) is 5.92 Å². The predicted octanol–water partition coefficient (Wildman–Crippen LogP) is 7.64. The van der Waals surface area contributed by atoms with Crippen molar-refractivity contribution in [2.45, 2.75) is 91.4 Å². The maximum atomic E-state index is 5.83. The molecule has 3 heteroatoms. The van der Waals surface area contributed by atoms with E-state index in [4.69, 9.17) is 4.74 Å². The molecule has 0 amide bonds. The van der Waals surface area contributed by atoms with Gasteiger partial charge < -0.3 is 4.74 Å². The number of aryl methyl sites for hydroxylation is 1. The Hall–Kier alpha value is -1.90. The third-order valence-corrected chi connectivity index (χ3v) is 5.64. The van der Waals surface area contributed by atoms with Crippen LogP contribution in [0.1, 0.15) is 90.7 Å². The Labute approximate surface area is 178 Å². The molecule has 29 heavy (non-hydrogen) atoms. The van der Waals surface area contributed by atoms with Crippen molar-refractivity contribution in [2.75, 3.05) is 6.61 Å². The van der Waals surface area contributed by atoms with Crippen molar-refractivity contribution in [1.82, 2.24) is 10.2 Å². The van der Waals surface area contributed by atoms with Gasteiger partial charge in [0, 0.05) is 5.56 Å². The molecule has 1 aromatic heterocycles. The molecule has 2 rings (SSSR count). The Balaban J connectivity index is 1.67. The number of benzene rings is 1. The molecular weight excluding hydrogens is 356 g/mol. The molecule has 1 heterocycles. The van der Waals surface area contributed by atoms with Gasteiger partial charge in [-0.05, 0) is 55.2 Å². The van der Waals surface area contributed by atoms with E-state index in [9.17, 15) is 0 Å². The normalized spacial score (nSPS) is 12.1. The fraction of sp³-hybridized carbons (Fsp3) is 0.615. The molecule has 0 bridgehead atoms. The van der Waals surface area contributed by atoms with Gasteiger partial charge >= 0.3 is 0 Å². The maximum Gasteiger partial charge on any atom is 0.119 e. The molecule has 0 radical (unpaired) electrons. The summed E-state index contributed by atoms with van der Waals surface area (Å²) in [5.74, 6) is 1.50. The van der Waals surface area contributed by atoms with Crippen LogP contribution < -0.4 is 4.74 Å². The second-order valence-corrected chi connectivity index (χ2v) is 8.34. The fourth-order valence-corrected chi connectivity index (χ4v) is 3.34. The minimum atomic E-state index is 0.582. The molecule has 1 atom stereocenters. The summed E-state index contributed by atoms with van der Waals surface area (Å²) in [4.78, 5) is 0. The molecule has 0 aliphatic rings. The van der Waals surface area contributed by atoms with Gasteiger partial charge in [-0.3, -0.25) is 0 Å². The van der Waals surface area contributed by atoms with E-state index in [0.717, 1.165) is 42.1 Å². The summed E-state index contributed by atoms with van der Waals surface area (Å²) in [6.45, 7) is 7.44. The van der Waals surface area contributed by atoms with E-state index in [-0.39, 0.29) is 0 Å². The first-order valence-corrected chi connectivity index (χ1v) is 11.8. The lowest BCUT2D eigenvalue weighted by Crippen LogP contribution is -2.07. The molecule has 1 aromatic carbocycles. The SMILES string of the molecule is CCCCCCCCCCCc1ccc(-c2ccc(OCC(C)CC)cc2)nn1. The van der Waals surface area contributed by atoms with Crippen molar-refractivity contribution in [3.05, 3.63) is 42.1 Å². The minimum Gasteiger partial charge on any atom is -0.493 e. The molecule has 160 valence electrons. The first-order chi connectivity index (χ1) is 14.2. The highest BCUT2D eigenvalue weighted by Gasteiger charge is 2.04. The lowest BCUT2D eigenvalue weighted by molar-refractivity contribution is 0.256. The smallest absolute Gasteiger partial charge is 0.119 e. The standard InChI is InChI=1S/C26H40N2O/c1-4-6-7-8-9-10-11-12-13-14-24-17-20-26(28-27-24)23-15-18-25(19-16-23)29-21-22(3)5-2/h15-20,22H,4-14,21H2,1-3H3. The second kappa shape index (κ2) is 14.1. The molecule has 0 aliphatic carbocycles. The summed E-state index contributed by atoms with van der Waals surface area (Å²) < 4.78 is 5.83. The third-order valence-electron chi connectivity index (χ3n) is 5.64. The van der Waals surface area contributed by atoms with Crippen LogP contribution in [0.3, 0.4) is 0 Å². The van der Waals surface area contributed by atoms with Crippen molar-refractivity contribution in [1.29, 1.82) is 0 Å². The lowest BCUT2D eigenvalue weighted by Gasteiger charge is -2.11. The zero-order valence-corrected chi connectivity index (χ0v) is 18.8. The summed E-state index contributed by atoms with van der Waals surface area (Å²) in [6.07, 6.45) is 14.4. The molecular formula is C26H40N2O. The van der Waals surface area contributed by atoms with E-state index in [0.29, 0.717) is 5.92 Å². The average Bonchev–Trinajstić information content (AvgIpc) is 2.77. The Morgan fingerprint density at radius 2 is 1.41 bits per heavy atom. The lowest BCUT2D eigenvalue weighted by atomic mass is 10.1. The molecule has 0 N–H and O–H groups in total.